The van der Waals surface area contributed by atoms with Gasteiger partial charge < -0.3 is 9.84 Å². The summed E-state index contributed by atoms with van der Waals surface area (Å²) < 4.78 is 4.36. The molecule has 0 radical (unpaired) electrons. The normalized spacial score (nSPS) is 10.8. The van der Waals surface area contributed by atoms with Gasteiger partial charge in [-0.05, 0) is 19.1 Å². The number of hydrogen-bond acceptors (Lipinski definition) is 5. The third-order valence-corrected chi connectivity index (χ3v) is 1.94. The monoisotopic (exact) mass is 254 g/mol. The summed E-state index contributed by atoms with van der Waals surface area (Å²) in [6, 6.07) is 6.64. The van der Waals surface area contributed by atoms with Gasteiger partial charge in [0, 0.05) is 13.8 Å². The number of ether oxygens (including phenoxy) is 1. The largest absolute Gasteiger partial charge is 0.508 e. The summed E-state index contributed by atoms with van der Waals surface area (Å²) >= 11 is 0. The van der Waals surface area contributed by atoms with Crippen LogP contribution >= 0.6 is 0 Å². The Balaban J connectivity index is 2.55. The van der Waals surface area contributed by atoms with Crippen molar-refractivity contribution in [2.45, 2.75) is 26.6 Å². The van der Waals surface area contributed by atoms with Crippen LogP contribution in [0.4, 0.5) is 4.79 Å². The van der Waals surface area contributed by atoms with E-state index in [1.54, 1.807) is 24.3 Å². The number of aryl methyl sites for hydroxylation is 1. The van der Waals surface area contributed by atoms with Crippen LogP contribution in [0.5, 0.6) is 0 Å². The highest BCUT2D eigenvalue weighted by molar-refractivity contribution is 5.88. The van der Waals surface area contributed by atoms with Crippen molar-refractivity contribution < 1.29 is 29.2 Å². The standard InChI is InChI=1S/C12H14O6/c1-8-4-6-9(7-5-8)10(13)17-18-12(2,3)16-11(14)15/h4-7H,1-3H3,(H,14,15). The maximum atomic E-state index is 11.5. The molecule has 0 fully saturated rings. The van der Waals surface area contributed by atoms with Crippen LogP contribution in [-0.2, 0) is 14.5 Å². The van der Waals surface area contributed by atoms with Crippen molar-refractivity contribution in [2.75, 3.05) is 0 Å². The fraction of sp³-hybridized carbons (Fsp3) is 0.333. The summed E-state index contributed by atoms with van der Waals surface area (Å²) in [5.41, 5.74) is 1.30. The Morgan fingerprint density at radius 3 is 2.22 bits per heavy atom. The Morgan fingerprint density at radius 2 is 1.72 bits per heavy atom. The molecular weight excluding hydrogens is 240 g/mol. The van der Waals surface area contributed by atoms with Crippen LogP contribution in [0, 0.1) is 6.92 Å². The lowest BCUT2D eigenvalue weighted by Gasteiger charge is -2.20. The molecule has 0 aliphatic carbocycles. The first kappa shape index (κ1) is 14.0. The molecule has 0 bridgehead atoms. The van der Waals surface area contributed by atoms with Gasteiger partial charge in [-0.2, -0.15) is 0 Å². The van der Waals surface area contributed by atoms with Crippen molar-refractivity contribution in [2.24, 2.45) is 0 Å². The second-order valence-electron chi connectivity index (χ2n) is 4.09. The Morgan fingerprint density at radius 1 is 1.17 bits per heavy atom. The Bertz CT molecular complexity index is 434. The van der Waals surface area contributed by atoms with E-state index in [4.69, 9.17) is 5.11 Å². The van der Waals surface area contributed by atoms with Crippen molar-refractivity contribution >= 4 is 12.1 Å². The van der Waals surface area contributed by atoms with Crippen molar-refractivity contribution in [1.82, 2.24) is 0 Å². The second kappa shape index (κ2) is 5.50. The van der Waals surface area contributed by atoms with Crippen LogP contribution in [-0.4, -0.2) is 23.0 Å². The first-order valence-corrected chi connectivity index (χ1v) is 5.19. The highest BCUT2D eigenvalue weighted by Crippen LogP contribution is 2.14. The maximum Gasteiger partial charge on any atom is 0.508 e. The molecule has 0 aliphatic rings. The number of carbonyl (C=O) groups is 2. The Hall–Kier alpha value is -2.08. The average molecular weight is 254 g/mol. The van der Waals surface area contributed by atoms with Crippen LogP contribution in [0.3, 0.4) is 0 Å². The lowest BCUT2D eigenvalue weighted by molar-refractivity contribution is -0.370. The molecule has 0 saturated carbocycles. The Labute approximate surface area is 104 Å². The van der Waals surface area contributed by atoms with Crippen LogP contribution in [0.2, 0.25) is 0 Å². The van der Waals surface area contributed by atoms with Crippen LogP contribution in [0.15, 0.2) is 24.3 Å². The van der Waals surface area contributed by atoms with Gasteiger partial charge >= 0.3 is 12.1 Å². The van der Waals surface area contributed by atoms with Gasteiger partial charge in [0.05, 0.1) is 5.56 Å². The third-order valence-electron chi connectivity index (χ3n) is 1.94. The summed E-state index contributed by atoms with van der Waals surface area (Å²) in [6.07, 6.45) is -1.52. The molecule has 0 spiro atoms. The van der Waals surface area contributed by atoms with Crippen molar-refractivity contribution in [3.8, 4) is 0 Å². The van der Waals surface area contributed by atoms with Gasteiger partial charge in [0.15, 0.2) is 0 Å². The van der Waals surface area contributed by atoms with Gasteiger partial charge in [0.25, 0.3) is 5.79 Å². The van der Waals surface area contributed by atoms with Crippen LogP contribution < -0.4 is 0 Å². The molecule has 1 aromatic carbocycles. The fourth-order valence-electron chi connectivity index (χ4n) is 1.10. The lowest BCUT2D eigenvalue weighted by atomic mass is 10.2. The number of hydrogen-bond donors (Lipinski definition) is 1. The van der Waals surface area contributed by atoms with E-state index in [9.17, 15) is 9.59 Å². The predicted octanol–water partition coefficient (Wildman–Crippen LogP) is 2.51. The van der Waals surface area contributed by atoms with Crippen molar-refractivity contribution in [3.05, 3.63) is 35.4 Å². The summed E-state index contributed by atoms with van der Waals surface area (Å²) in [7, 11) is 0. The molecule has 6 heteroatoms. The lowest BCUT2D eigenvalue weighted by Crippen LogP contribution is -2.31. The van der Waals surface area contributed by atoms with Gasteiger partial charge in [-0.3, -0.25) is 4.89 Å². The molecule has 98 valence electrons. The number of carbonyl (C=O) groups excluding carboxylic acids is 1. The number of benzene rings is 1. The molecule has 0 heterocycles. The van der Waals surface area contributed by atoms with E-state index >= 15 is 0 Å². The van der Waals surface area contributed by atoms with E-state index in [2.05, 4.69) is 14.5 Å². The first-order chi connectivity index (χ1) is 8.30. The quantitative estimate of drug-likeness (QED) is 0.385. The number of carboxylic acid groups (broad SMARTS) is 1. The van der Waals surface area contributed by atoms with Gasteiger partial charge in [-0.1, -0.05) is 17.7 Å². The molecule has 6 nitrogen and oxygen atoms in total. The van der Waals surface area contributed by atoms with Crippen LogP contribution in [0.1, 0.15) is 29.8 Å². The molecular formula is C12H14O6. The molecule has 0 aromatic heterocycles. The highest BCUT2D eigenvalue weighted by Gasteiger charge is 2.27. The van der Waals surface area contributed by atoms with E-state index in [1.165, 1.54) is 13.8 Å². The van der Waals surface area contributed by atoms with E-state index in [-0.39, 0.29) is 0 Å². The van der Waals surface area contributed by atoms with Crippen molar-refractivity contribution in [1.29, 1.82) is 0 Å². The third kappa shape index (κ3) is 4.42. The smallest absolute Gasteiger partial charge is 0.450 e. The summed E-state index contributed by atoms with van der Waals surface area (Å²) in [5, 5.41) is 8.42. The maximum absolute atomic E-state index is 11.5. The summed E-state index contributed by atoms with van der Waals surface area (Å²) in [4.78, 5) is 31.0. The zero-order chi connectivity index (χ0) is 13.8. The van der Waals surface area contributed by atoms with E-state index in [0.29, 0.717) is 5.56 Å². The highest BCUT2D eigenvalue weighted by atomic mass is 17.2. The summed E-state index contributed by atoms with van der Waals surface area (Å²) in [5.74, 6) is -2.29. The van der Waals surface area contributed by atoms with Gasteiger partial charge in [0.2, 0.25) is 0 Å². The average Bonchev–Trinajstić information content (AvgIpc) is 2.25. The van der Waals surface area contributed by atoms with Crippen LogP contribution in [0.25, 0.3) is 0 Å². The molecule has 1 rings (SSSR count). The van der Waals surface area contributed by atoms with Gasteiger partial charge in [-0.15, -0.1) is 4.89 Å². The first-order valence-electron chi connectivity index (χ1n) is 5.19. The fourth-order valence-corrected chi connectivity index (χ4v) is 1.10. The molecule has 0 saturated heterocycles. The topological polar surface area (TPSA) is 82.1 Å². The minimum Gasteiger partial charge on any atom is -0.450 e. The molecule has 0 atom stereocenters. The molecule has 1 N–H and O–H groups in total. The van der Waals surface area contributed by atoms with E-state index in [1.807, 2.05) is 6.92 Å². The number of rotatable bonds is 4. The molecule has 0 unspecified atom stereocenters. The molecule has 0 aliphatic heterocycles. The Kier molecular flexibility index (Phi) is 4.28. The zero-order valence-electron chi connectivity index (χ0n) is 10.3. The second-order valence-corrected chi connectivity index (χ2v) is 4.09. The molecule has 0 amide bonds. The minimum atomic E-state index is -1.56. The van der Waals surface area contributed by atoms with Gasteiger partial charge in [-0.25, -0.2) is 9.59 Å². The predicted molar refractivity (Wildman–Crippen MR) is 60.9 cm³/mol. The molecule has 1 aromatic rings. The van der Waals surface area contributed by atoms with E-state index < -0.39 is 17.9 Å². The van der Waals surface area contributed by atoms with E-state index in [0.717, 1.165) is 5.56 Å². The van der Waals surface area contributed by atoms with Crippen molar-refractivity contribution in [3.63, 3.8) is 0 Å². The van der Waals surface area contributed by atoms with Gasteiger partial charge in [0.1, 0.15) is 0 Å². The molecule has 18 heavy (non-hydrogen) atoms. The minimum absolute atomic E-state index is 0.298. The SMILES string of the molecule is Cc1ccc(C(=O)OOC(C)(C)OC(=O)O)cc1. The summed E-state index contributed by atoms with van der Waals surface area (Å²) in [6.45, 7) is 4.50. The zero-order valence-corrected chi connectivity index (χ0v) is 10.3.